The number of rotatable bonds is 4. The van der Waals surface area contributed by atoms with Gasteiger partial charge in [-0.25, -0.2) is 4.79 Å². The Labute approximate surface area is 116 Å². The van der Waals surface area contributed by atoms with E-state index < -0.39 is 0 Å². The van der Waals surface area contributed by atoms with Crippen LogP contribution >= 0.6 is 0 Å². The fourth-order valence-corrected chi connectivity index (χ4v) is 2.35. The van der Waals surface area contributed by atoms with Crippen LogP contribution in [-0.2, 0) is 13.0 Å². The highest BCUT2D eigenvalue weighted by atomic mass is 16.4. The van der Waals surface area contributed by atoms with E-state index in [1.165, 1.54) is 0 Å². The molecule has 0 radical (unpaired) electrons. The van der Waals surface area contributed by atoms with E-state index in [0.717, 1.165) is 23.1 Å². The number of fused-ring (bicyclic) bond motifs is 1. The van der Waals surface area contributed by atoms with Gasteiger partial charge in [0.1, 0.15) is 0 Å². The fraction of sp³-hybridized carbons (Fsp3) is 0.188. The summed E-state index contributed by atoms with van der Waals surface area (Å²) in [5.74, 6) is -0.325. The second-order valence-corrected chi connectivity index (χ2v) is 4.78. The number of nitrogens with two attached hydrogens (primary N) is 1. The van der Waals surface area contributed by atoms with Crippen molar-refractivity contribution < 1.29 is 4.42 Å². The van der Waals surface area contributed by atoms with Crippen LogP contribution < -0.4 is 11.5 Å². The fourth-order valence-electron chi connectivity index (χ4n) is 2.35. The van der Waals surface area contributed by atoms with E-state index in [4.69, 9.17) is 10.2 Å². The van der Waals surface area contributed by atoms with Gasteiger partial charge in [-0.05, 0) is 36.2 Å². The maximum Gasteiger partial charge on any atom is 0.420 e. The van der Waals surface area contributed by atoms with Crippen molar-refractivity contribution in [2.45, 2.75) is 13.0 Å². The highest BCUT2D eigenvalue weighted by molar-refractivity contribution is 5.74. The lowest BCUT2D eigenvalue weighted by atomic mass is 10.1. The standard InChI is InChI=1S/C16H16N2O2/c17-9-8-12-6-7-15-14(10-12)18(16(19)20-15)11-13-4-2-1-3-5-13/h1-7,10H,8-9,11,17H2. The Hall–Kier alpha value is -2.33. The highest BCUT2D eigenvalue weighted by Crippen LogP contribution is 2.16. The third kappa shape index (κ3) is 2.38. The molecular weight excluding hydrogens is 252 g/mol. The van der Waals surface area contributed by atoms with Crippen LogP contribution in [0.5, 0.6) is 0 Å². The van der Waals surface area contributed by atoms with Crippen LogP contribution in [0.3, 0.4) is 0 Å². The largest absolute Gasteiger partial charge is 0.420 e. The molecule has 3 aromatic rings. The summed E-state index contributed by atoms with van der Waals surface area (Å²) in [6, 6.07) is 15.6. The first-order valence-corrected chi connectivity index (χ1v) is 6.64. The average molecular weight is 268 g/mol. The van der Waals surface area contributed by atoms with Crippen molar-refractivity contribution in [3.8, 4) is 0 Å². The van der Waals surface area contributed by atoms with Crippen molar-refractivity contribution in [3.63, 3.8) is 0 Å². The van der Waals surface area contributed by atoms with Gasteiger partial charge in [0.25, 0.3) is 0 Å². The zero-order valence-electron chi connectivity index (χ0n) is 11.1. The lowest BCUT2D eigenvalue weighted by Gasteiger charge is -2.04. The maximum absolute atomic E-state index is 12.0. The molecule has 2 N–H and O–H groups in total. The van der Waals surface area contributed by atoms with Crippen LogP contribution in [0.2, 0.25) is 0 Å². The Bertz CT molecular complexity index is 772. The van der Waals surface area contributed by atoms with Crippen LogP contribution in [0.1, 0.15) is 11.1 Å². The van der Waals surface area contributed by atoms with E-state index in [2.05, 4.69) is 0 Å². The number of hydrogen-bond donors (Lipinski definition) is 1. The van der Waals surface area contributed by atoms with E-state index in [9.17, 15) is 4.79 Å². The lowest BCUT2D eigenvalue weighted by Crippen LogP contribution is -2.14. The number of oxazole rings is 1. The first kappa shape index (κ1) is 12.7. The van der Waals surface area contributed by atoms with E-state index in [1.54, 1.807) is 4.57 Å². The summed E-state index contributed by atoms with van der Waals surface area (Å²) in [5, 5.41) is 0. The van der Waals surface area contributed by atoms with E-state index in [-0.39, 0.29) is 5.76 Å². The van der Waals surface area contributed by atoms with Gasteiger partial charge in [-0.1, -0.05) is 36.4 Å². The van der Waals surface area contributed by atoms with E-state index >= 15 is 0 Å². The molecule has 0 amide bonds. The summed E-state index contributed by atoms with van der Waals surface area (Å²) in [6.07, 6.45) is 0.792. The molecule has 102 valence electrons. The topological polar surface area (TPSA) is 61.2 Å². The molecule has 3 rings (SSSR count). The quantitative estimate of drug-likeness (QED) is 0.788. The molecule has 0 fully saturated rings. The Morgan fingerprint density at radius 2 is 1.85 bits per heavy atom. The maximum atomic E-state index is 12.0. The molecule has 0 saturated heterocycles. The number of hydrogen-bond acceptors (Lipinski definition) is 3. The molecule has 0 aliphatic carbocycles. The monoisotopic (exact) mass is 268 g/mol. The summed E-state index contributed by atoms with van der Waals surface area (Å²) in [6.45, 7) is 1.10. The van der Waals surface area contributed by atoms with Crippen molar-refractivity contribution in [3.05, 3.63) is 70.2 Å². The van der Waals surface area contributed by atoms with Gasteiger partial charge < -0.3 is 10.2 Å². The Balaban J connectivity index is 2.07. The molecule has 0 bridgehead atoms. The number of benzene rings is 2. The van der Waals surface area contributed by atoms with Crippen molar-refractivity contribution in [2.24, 2.45) is 5.73 Å². The van der Waals surface area contributed by atoms with Gasteiger partial charge in [-0.2, -0.15) is 0 Å². The van der Waals surface area contributed by atoms with Gasteiger partial charge in [0.2, 0.25) is 0 Å². The smallest absolute Gasteiger partial charge is 0.408 e. The van der Waals surface area contributed by atoms with Crippen LogP contribution in [0.15, 0.2) is 57.7 Å². The van der Waals surface area contributed by atoms with E-state index in [0.29, 0.717) is 18.7 Å². The minimum absolute atomic E-state index is 0.325. The molecule has 0 atom stereocenters. The number of nitrogens with zero attached hydrogens (tertiary/aromatic N) is 1. The molecule has 0 unspecified atom stereocenters. The second kappa shape index (κ2) is 5.35. The lowest BCUT2D eigenvalue weighted by molar-refractivity contribution is 0.517. The van der Waals surface area contributed by atoms with Crippen LogP contribution in [0.25, 0.3) is 11.1 Å². The molecule has 0 aliphatic heterocycles. The molecule has 4 heteroatoms. The van der Waals surface area contributed by atoms with Gasteiger partial charge in [0, 0.05) is 0 Å². The molecule has 4 nitrogen and oxygen atoms in total. The molecule has 2 aromatic carbocycles. The van der Waals surface area contributed by atoms with Crippen LogP contribution in [0, 0.1) is 0 Å². The van der Waals surface area contributed by atoms with Gasteiger partial charge in [-0.15, -0.1) is 0 Å². The molecule has 0 aliphatic rings. The first-order chi connectivity index (χ1) is 9.78. The predicted octanol–water partition coefficient (Wildman–Crippen LogP) is 2.14. The minimum Gasteiger partial charge on any atom is -0.408 e. The third-order valence-electron chi connectivity index (χ3n) is 3.35. The van der Waals surface area contributed by atoms with Crippen LogP contribution in [0.4, 0.5) is 0 Å². The highest BCUT2D eigenvalue weighted by Gasteiger charge is 2.10. The number of aromatic nitrogens is 1. The molecule has 1 aromatic heterocycles. The van der Waals surface area contributed by atoms with Crippen LogP contribution in [-0.4, -0.2) is 11.1 Å². The zero-order chi connectivity index (χ0) is 13.9. The predicted molar refractivity (Wildman–Crippen MR) is 78.8 cm³/mol. The van der Waals surface area contributed by atoms with Crippen molar-refractivity contribution >= 4 is 11.1 Å². The summed E-state index contributed by atoms with van der Waals surface area (Å²) in [4.78, 5) is 12.0. The molecule has 0 saturated carbocycles. The van der Waals surface area contributed by atoms with Crippen molar-refractivity contribution in [1.29, 1.82) is 0 Å². The average Bonchev–Trinajstić information content (AvgIpc) is 2.77. The molecule has 1 heterocycles. The Morgan fingerprint density at radius 1 is 1.05 bits per heavy atom. The first-order valence-electron chi connectivity index (χ1n) is 6.64. The normalized spacial score (nSPS) is 11.1. The molecule has 20 heavy (non-hydrogen) atoms. The summed E-state index contributed by atoms with van der Waals surface area (Å²) >= 11 is 0. The van der Waals surface area contributed by atoms with Gasteiger partial charge in [0.05, 0.1) is 12.1 Å². The molecular formula is C16H16N2O2. The summed E-state index contributed by atoms with van der Waals surface area (Å²) in [5.41, 5.74) is 9.21. The minimum atomic E-state index is -0.325. The zero-order valence-corrected chi connectivity index (χ0v) is 11.1. The second-order valence-electron chi connectivity index (χ2n) is 4.78. The van der Waals surface area contributed by atoms with Gasteiger partial charge in [0.15, 0.2) is 5.58 Å². The Morgan fingerprint density at radius 3 is 2.60 bits per heavy atom. The van der Waals surface area contributed by atoms with E-state index in [1.807, 2.05) is 48.5 Å². The van der Waals surface area contributed by atoms with Gasteiger partial charge in [-0.3, -0.25) is 4.57 Å². The summed E-state index contributed by atoms with van der Waals surface area (Å²) in [7, 11) is 0. The van der Waals surface area contributed by atoms with Gasteiger partial charge >= 0.3 is 5.76 Å². The Kier molecular flexibility index (Phi) is 3.39. The van der Waals surface area contributed by atoms with Crippen molar-refractivity contribution in [1.82, 2.24) is 4.57 Å². The van der Waals surface area contributed by atoms with Crippen molar-refractivity contribution in [2.75, 3.05) is 6.54 Å². The summed E-state index contributed by atoms with van der Waals surface area (Å²) < 4.78 is 6.94. The molecule has 0 spiro atoms. The third-order valence-corrected chi connectivity index (χ3v) is 3.35. The SMILES string of the molecule is NCCc1ccc2oc(=O)n(Cc3ccccc3)c2c1.